The maximum Gasteiger partial charge on any atom is 0.191 e. The molecule has 0 fully saturated rings. The van der Waals surface area contributed by atoms with Crippen LogP contribution in [0.4, 0.5) is 0 Å². The smallest absolute Gasteiger partial charge is 0.191 e. The van der Waals surface area contributed by atoms with E-state index in [-0.39, 0.29) is 0 Å². The molecule has 0 saturated carbocycles. The van der Waals surface area contributed by atoms with Crippen molar-refractivity contribution in [3.05, 3.63) is 58.1 Å². The first-order chi connectivity index (χ1) is 13.8. The second-order valence-corrected chi connectivity index (χ2v) is 9.54. The number of aromatic hydroxyl groups is 1. The van der Waals surface area contributed by atoms with Crippen LogP contribution in [-0.2, 0) is 35.8 Å². The number of phenolic OH excluding ortho intramolecular Hbond substituents is 1. The fourth-order valence-corrected chi connectivity index (χ4v) is 4.86. The number of benzene rings is 2. The van der Waals surface area contributed by atoms with Crippen LogP contribution in [0, 0.1) is 6.92 Å². The number of hydrogen-bond acceptors (Lipinski definition) is 4. The van der Waals surface area contributed by atoms with Crippen molar-refractivity contribution >= 4 is 15.8 Å². The highest BCUT2D eigenvalue weighted by atomic mass is 32.2. The Kier molecular flexibility index (Phi) is 6.47. The molecule has 3 rings (SSSR count). The van der Waals surface area contributed by atoms with Crippen molar-refractivity contribution in [3.8, 4) is 5.75 Å². The minimum atomic E-state index is -3.22. The summed E-state index contributed by atoms with van der Waals surface area (Å²) >= 11 is 0. The van der Waals surface area contributed by atoms with E-state index in [1.807, 2.05) is 18.2 Å². The summed E-state index contributed by atoms with van der Waals surface area (Å²) in [5.74, 6) is 0.947. The molecule has 1 aliphatic carbocycles. The maximum atomic E-state index is 11.8. The van der Waals surface area contributed by atoms with E-state index in [0.717, 1.165) is 36.0 Å². The zero-order chi connectivity index (χ0) is 21.0. The monoisotopic (exact) mass is 415 g/mol. The summed E-state index contributed by atoms with van der Waals surface area (Å²) in [6.07, 6.45) is 5.64. The number of aliphatic imine (C=N–C) groups is 1. The lowest BCUT2D eigenvalue weighted by Crippen LogP contribution is -2.36. The minimum absolute atomic E-state index is 0.320. The summed E-state index contributed by atoms with van der Waals surface area (Å²) in [5.41, 5.74) is 5.23. The summed E-state index contributed by atoms with van der Waals surface area (Å²) in [7, 11) is -1.52. The van der Waals surface area contributed by atoms with Gasteiger partial charge in [-0.15, -0.1) is 0 Å². The van der Waals surface area contributed by atoms with Gasteiger partial charge in [0, 0.05) is 32.0 Å². The predicted molar refractivity (Wildman–Crippen MR) is 116 cm³/mol. The van der Waals surface area contributed by atoms with E-state index in [2.05, 4.69) is 15.6 Å². The van der Waals surface area contributed by atoms with Crippen LogP contribution in [0.5, 0.6) is 5.75 Å². The first kappa shape index (κ1) is 21.2. The fourth-order valence-electron chi connectivity index (χ4n) is 3.91. The SMILES string of the molecule is CN=C(NCc1ccc(S(C)(=O)=O)c(C)c1)NCc1c(O)ccc2c1CCCC2. The molecule has 29 heavy (non-hydrogen) atoms. The van der Waals surface area contributed by atoms with Gasteiger partial charge in [-0.2, -0.15) is 0 Å². The molecule has 0 aliphatic heterocycles. The Morgan fingerprint density at radius 3 is 2.52 bits per heavy atom. The van der Waals surface area contributed by atoms with Gasteiger partial charge in [-0.1, -0.05) is 18.2 Å². The highest BCUT2D eigenvalue weighted by molar-refractivity contribution is 7.90. The molecule has 0 unspecified atom stereocenters. The number of rotatable bonds is 5. The third-order valence-electron chi connectivity index (χ3n) is 5.38. The molecule has 7 heteroatoms. The van der Waals surface area contributed by atoms with Crippen molar-refractivity contribution in [1.29, 1.82) is 0 Å². The number of aryl methyl sites for hydroxylation is 2. The van der Waals surface area contributed by atoms with E-state index in [9.17, 15) is 13.5 Å². The van der Waals surface area contributed by atoms with E-state index in [4.69, 9.17) is 0 Å². The zero-order valence-electron chi connectivity index (χ0n) is 17.2. The number of phenols is 1. The fraction of sp³-hybridized carbons (Fsp3) is 0.409. The van der Waals surface area contributed by atoms with Crippen molar-refractivity contribution in [2.45, 2.75) is 50.6 Å². The Labute approximate surface area is 173 Å². The average Bonchev–Trinajstić information content (AvgIpc) is 2.68. The number of sulfone groups is 1. The van der Waals surface area contributed by atoms with Gasteiger partial charge in [-0.05, 0) is 67.0 Å². The Bertz CT molecular complexity index is 1030. The van der Waals surface area contributed by atoms with Crippen LogP contribution in [-0.4, -0.2) is 32.8 Å². The molecule has 0 bridgehead atoms. The van der Waals surface area contributed by atoms with Crippen LogP contribution >= 0.6 is 0 Å². The van der Waals surface area contributed by atoms with Gasteiger partial charge in [0.15, 0.2) is 15.8 Å². The van der Waals surface area contributed by atoms with Crippen LogP contribution in [0.15, 0.2) is 40.2 Å². The number of hydrogen-bond donors (Lipinski definition) is 3. The van der Waals surface area contributed by atoms with E-state index in [1.54, 1.807) is 26.1 Å². The van der Waals surface area contributed by atoms with E-state index in [0.29, 0.717) is 29.7 Å². The Morgan fingerprint density at radius 2 is 1.83 bits per heavy atom. The lowest BCUT2D eigenvalue weighted by atomic mass is 9.88. The van der Waals surface area contributed by atoms with Gasteiger partial charge in [0.05, 0.1) is 4.90 Å². The van der Waals surface area contributed by atoms with Gasteiger partial charge in [-0.3, -0.25) is 4.99 Å². The highest BCUT2D eigenvalue weighted by Crippen LogP contribution is 2.30. The van der Waals surface area contributed by atoms with Crippen LogP contribution in [0.3, 0.4) is 0 Å². The van der Waals surface area contributed by atoms with Crippen molar-refractivity contribution in [2.24, 2.45) is 4.99 Å². The second kappa shape index (κ2) is 8.86. The van der Waals surface area contributed by atoms with Gasteiger partial charge < -0.3 is 15.7 Å². The molecular formula is C22H29N3O3S. The summed E-state index contributed by atoms with van der Waals surface area (Å²) in [6.45, 7) is 2.82. The zero-order valence-corrected chi connectivity index (χ0v) is 18.1. The lowest BCUT2D eigenvalue weighted by Gasteiger charge is -2.21. The Hall–Kier alpha value is -2.54. The summed E-state index contributed by atoms with van der Waals surface area (Å²) in [6, 6.07) is 9.14. The van der Waals surface area contributed by atoms with Gasteiger partial charge in [-0.25, -0.2) is 8.42 Å². The lowest BCUT2D eigenvalue weighted by molar-refractivity contribution is 0.464. The van der Waals surface area contributed by atoms with Crippen molar-refractivity contribution in [1.82, 2.24) is 10.6 Å². The highest BCUT2D eigenvalue weighted by Gasteiger charge is 2.16. The largest absolute Gasteiger partial charge is 0.508 e. The molecule has 0 heterocycles. The Balaban J connectivity index is 1.65. The third-order valence-corrected chi connectivity index (χ3v) is 6.64. The van der Waals surface area contributed by atoms with Crippen LogP contribution in [0.1, 0.15) is 40.7 Å². The number of guanidine groups is 1. The first-order valence-corrected chi connectivity index (χ1v) is 11.8. The topological polar surface area (TPSA) is 90.8 Å². The normalized spacial score (nSPS) is 14.4. The minimum Gasteiger partial charge on any atom is -0.508 e. The van der Waals surface area contributed by atoms with Crippen molar-refractivity contribution in [2.75, 3.05) is 13.3 Å². The molecular weight excluding hydrogens is 386 g/mol. The molecule has 3 N–H and O–H groups in total. The molecule has 1 aliphatic rings. The van der Waals surface area contributed by atoms with E-state index < -0.39 is 9.84 Å². The number of fused-ring (bicyclic) bond motifs is 1. The van der Waals surface area contributed by atoms with E-state index >= 15 is 0 Å². The molecule has 0 atom stereocenters. The molecule has 2 aromatic carbocycles. The molecule has 0 aromatic heterocycles. The van der Waals surface area contributed by atoms with E-state index in [1.165, 1.54) is 23.8 Å². The standard InChI is InChI=1S/C22H29N3O3S/c1-15-12-16(8-11-21(15)29(3,27)28)13-24-22(23-2)25-14-19-18-7-5-4-6-17(18)9-10-20(19)26/h8-12,26H,4-7,13-14H2,1-3H3,(H2,23,24,25). The summed E-state index contributed by atoms with van der Waals surface area (Å²) in [5, 5.41) is 16.9. The first-order valence-electron chi connectivity index (χ1n) is 9.86. The molecule has 0 radical (unpaired) electrons. The van der Waals surface area contributed by atoms with Gasteiger partial charge in [0.1, 0.15) is 5.75 Å². The summed E-state index contributed by atoms with van der Waals surface area (Å²) < 4.78 is 23.5. The van der Waals surface area contributed by atoms with Gasteiger partial charge in [0.2, 0.25) is 0 Å². The van der Waals surface area contributed by atoms with Crippen LogP contribution in [0.25, 0.3) is 0 Å². The number of nitrogens with one attached hydrogen (secondary N) is 2. The molecule has 0 amide bonds. The third kappa shape index (κ3) is 5.09. The quantitative estimate of drug-likeness (QED) is 0.516. The van der Waals surface area contributed by atoms with Gasteiger partial charge in [0.25, 0.3) is 0 Å². The maximum absolute atomic E-state index is 11.8. The van der Waals surface area contributed by atoms with Crippen molar-refractivity contribution < 1.29 is 13.5 Å². The van der Waals surface area contributed by atoms with Gasteiger partial charge >= 0.3 is 0 Å². The number of nitrogens with zero attached hydrogens (tertiary/aromatic N) is 1. The molecule has 2 aromatic rings. The molecule has 6 nitrogen and oxygen atoms in total. The average molecular weight is 416 g/mol. The van der Waals surface area contributed by atoms with Crippen LogP contribution < -0.4 is 10.6 Å². The summed E-state index contributed by atoms with van der Waals surface area (Å²) in [4.78, 5) is 4.61. The molecule has 156 valence electrons. The second-order valence-electron chi connectivity index (χ2n) is 7.56. The van der Waals surface area contributed by atoms with Crippen molar-refractivity contribution in [3.63, 3.8) is 0 Å². The van der Waals surface area contributed by atoms with Crippen LogP contribution in [0.2, 0.25) is 0 Å². The Morgan fingerprint density at radius 1 is 1.10 bits per heavy atom. The molecule has 0 spiro atoms. The predicted octanol–water partition coefficient (Wildman–Crippen LogP) is 2.85. The molecule has 0 saturated heterocycles.